The van der Waals surface area contributed by atoms with Gasteiger partial charge in [-0.1, -0.05) is 12.1 Å². The Bertz CT molecular complexity index is 1120. The second-order valence-corrected chi connectivity index (χ2v) is 6.60. The molecule has 2 aromatic heterocycles. The molecule has 10 nitrogen and oxygen atoms in total. The fourth-order valence-corrected chi connectivity index (χ4v) is 3.01. The van der Waals surface area contributed by atoms with E-state index in [1.807, 2.05) is 24.9 Å². The number of hydrogen-bond donors (Lipinski definition) is 1. The summed E-state index contributed by atoms with van der Waals surface area (Å²) in [6.45, 7) is 4.12. The number of esters is 1. The Morgan fingerprint density at radius 1 is 1.41 bits per heavy atom. The molecule has 0 saturated heterocycles. The van der Waals surface area contributed by atoms with E-state index in [0.29, 0.717) is 12.2 Å². The molecule has 3 aromatic rings. The lowest BCUT2D eigenvalue weighted by Gasteiger charge is -2.24. The minimum absolute atomic E-state index is 0.0203. The van der Waals surface area contributed by atoms with Gasteiger partial charge in [0.2, 0.25) is 0 Å². The number of nitrogens with one attached hydrogen (secondary N) is 1. The predicted molar refractivity (Wildman–Crippen MR) is 105 cm³/mol. The van der Waals surface area contributed by atoms with Crippen molar-refractivity contribution in [1.29, 1.82) is 0 Å². The molecule has 0 aliphatic rings. The van der Waals surface area contributed by atoms with Crippen LogP contribution in [-0.2, 0) is 11.3 Å². The highest BCUT2D eigenvalue weighted by Crippen LogP contribution is 2.24. The maximum atomic E-state index is 12.4. The van der Waals surface area contributed by atoms with Gasteiger partial charge in [-0.15, -0.1) is 0 Å². The molecule has 0 fully saturated rings. The number of ether oxygens (including phenoxy) is 1. The molecule has 0 amide bonds. The average Bonchev–Trinajstić information content (AvgIpc) is 3.12. The van der Waals surface area contributed by atoms with E-state index in [4.69, 9.17) is 4.74 Å². The van der Waals surface area contributed by atoms with Crippen molar-refractivity contribution < 1.29 is 14.5 Å². The van der Waals surface area contributed by atoms with Gasteiger partial charge in [0.25, 0.3) is 11.2 Å². The summed E-state index contributed by atoms with van der Waals surface area (Å²) in [6.07, 6.45) is 1.39. The molecule has 0 saturated carbocycles. The fraction of sp³-hybridized carbons (Fsp3) is 0.316. The number of nitrogens with zero attached hydrogens (tertiary/aromatic N) is 4. The van der Waals surface area contributed by atoms with Crippen LogP contribution in [0, 0.1) is 10.1 Å². The lowest BCUT2D eigenvalue weighted by atomic mass is 10.1. The van der Waals surface area contributed by atoms with Crippen molar-refractivity contribution in [3.05, 3.63) is 73.8 Å². The maximum absolute atomic E-state index is 12.4. The van der Waals surface area contributed by atoms with Gasteiger partial charge in [0.15, 0.2) is 5.65 Å². The van der Waals surface area contributed by atoms with Crippen molar-refractivity contribution in [1.82, 2.24) is 19.5 Å². The van der Waals surface area contributed by atoms with Gasteiger partial charge in [-0.3, -0.25) is 24.9 Å². The number of non-ortho nitro benzene ring substituents is 1. The summed E-state index contributed by atoms with van der Waals surface area (Å²) in [6, 6.07) is 7.64. The minimum atomic E-state index is -0.561. The largest absolute Gasteiger partial charge is 0.462 e. The van der Waals surface area contributed by atoms with Gasteiger partial charge in [-0.25, -0.2) is 14.3 Å². The number of rotatable bonds is 7. The first-order chi connectivity index (χ1) is 13.8. The van der Waals surface area contributed by atoms with Gasteiger partial charge in [0.1, 0.15) is 5.56 Å². The van der Waals surface area contributed by atoms with Crippen molar-refractivity contribution in [2.45, 2.75) is 26.4 Å². The lowest BCUT2D eigenvalue weighted by Crippen LogP contribution is -2.25. The van der Waals surface area contributed by atoms with E-state index < -0.39 is 10.9 Å². The van der Waals surface area contributed by atoms with Crippen LogP contribution in [0.15, 0.2) is 41.3 Å². The molecular weight excluding hydrogens is 378 g/mol. The van der Waals surface area contributed by atoms with E-state index in [-0.39, 0.29) is 35.1 Å². The first kappa shape index (κ1) is 20.2. The first-order valence-corrected chi connectivity index (χ1v) is 9.03. The summed E-state index contributed by atoms with van der Waals surface area (Å²) >= 11 is 0. The molecule has 1 atom stereocenters. The molecule has 10 heteroatoms. The SMILES string of the molecule is CCOC(=O)c1c[nH]n2c(=O)cc(CN(C)C(C)c3cccc([N+](=O)[O-])c3)nc12. The van der Waals surface area contributed by atoms with Gasteiger partial charge in [0.05, 0.1) is 17.2 Å². The van der Waals surface area contributed by atoms with Crippen LogP contribution < -0.4 is 5.56 Å². The lowest BCUT2D eigenvalue weighted by molar-refractivity contribution is -0.384. The fourth-order valence-electron chi connectivity index (χ4n) is 3.01. The Labute approximate surface area is 165 Å². The third-order valence-electron chi connectivity index (χ3n) is 4.68. The molecule has 29 heavy (non-hydrogen) atoms. The van der Waals surface area contributed by atoms with E-state index in [0.717, 1.165) is 5.56 Å². The number of carbonyl (C=O) groups excluding carboxylic acids is 1. The molecule has 1 unspecified atom stereocenters. The zero-order valence-corrected chi connectivity index (χ0v) is 16.3. The first-order valence-electron chi connectivity index (χ1n) is 9.03. The smallest absolute Gasteiger partial charge is 0.343 e. The Morgan fingerprint density at radius 2 is 2.17 bits per heavy atom. The maximum Gasteiger partial charge on any atom is 0.343 e. The Kier molecular flexibility index (Phi) is 5.74. The third-order valence-corrected chi connectivity index (χ3v) is 4.68. The number of aromatic amines is 1. The molecule has 0 spiro atoms. The van der Waals surface area contributed by atoms with Crippen LogP contribution in [0.5, 0.6) is 0 Å². The zero-order valence-electron chi connectivity index (χ0n) is 16.3. The minimum Gasteiger partial charge on any atom is -0.462 e. The van der Waals surface area contributed by atoms with Crippen molar-refractivity contribution in [2.75, 3.05) is 13.7 Å². The second-order valence-electron chi connectivity index (χ2n) is 6.60. The second kappa shape index (κ2) is 8.23. The monoisotopic (exact) mass is 399 g/mol. The van der Waals surface area contributed by atoms with E-state index in [1.165, 1.54) is 28.9 Å². The molecule has 1 N–H and O–H groups in total. The average molecular weight is 399 g/mol. The summed E-state index contributed by atoms with van der Waals surface area (Å²) in [4.78, 5) is 41.4. The Hall–Kier alpha value is -3.53. The van der Waals surface area contributed by atoms with E-state index in [9.17, 15) is 19.7 Å². The number of nitro groups is 1. The van der Waals surface area contributed by atoms with Crippen molar-refractivity contribution in [3.8, 4) is 0 Å². The molecular formula is C19H21N5O5. The number of aromatic nitrogens is 3. The Balaban J connectivity index is 1.88. The molecule has 3 rings (SSSR count). The molecule has 0 radical (unpaired) electrons. The number of fused-ring (bicyclic) bond motifs is 1. The molecule has 0 aliphatic carbocycles. The van der Waals surface area contributed by atoms with Gasteiger partial charge in [0, 0.05) is 37.0 Å². The molecule has 0 aliphatic heterocycles. The zero-order chi connectivity index (χ0) is 21.1. The van der Waals surface area contributed by atoms with Crippen LogP contribution in [0.3, 0.4) is 0 Å². The molecule has 0 bridgehead atoms. The van der Waals surface area contributed by atoms with E-state index in [2.05, 4.69) is 10.1 Å². The van der Waals surface area contributed by atoms with Crippen LogP contribution in [0.4, 0.5) is 5.69 Å². The van der Waals surface area contributed by atoms with Crippen molar-refractivity contribution in [3.63, 3.8) is 0 Å². The summed E-state index contributed by atoms with van der Waals surface area (Å²) < 4.78 is 6.18. The number of benzene rings is 1. The van der Waals surface area contributed by atoms with Crippen LogP contribution in [0.2, 0.25) is 0 Å². The standard InChI is InChI=1S/C19H21N5O5/c1-4-29-19(26)16-10-20-23-17(25)9-14(21-18(16)23)11-22(3)12(2)13-6-5-7-15(8-13)24(27)28/h5-10,12,20H,4,11H2,1-3H3. The predicted octanol–water partition coefficient (Wildman–Crippen LogP) is 2.30. The number of carbonyl (C=O) groups is 1. The van der Waals surface area contributed by atoms with Crippen molar-refractivity contribution >= 4 is 17.3 Å². The normalized spacial score (nSPS) is 12.3. The summed E-state index contributed by atoms with van der Waals surface area (Å²) in [7, 11) is 1.83. The number of hydrogen-bond acceptors (Lipinski definition) is 7. The highest BCUT2D eigenvalue weighted by Gasteiger charge is 2.19. The van der Waals surface area contributed by atoms with Gasteiger partial charge >= 0.3 is 5.97 Å². The van der Waals surface area contributed by atoms with Crippen molar-refractivity contribution in [2.24, 2.45) is 0 Å². The highest BCUT2D eigenvalue weighted by molar-refractivity contribution is 5.95. The van der Waals surface area contributed by atoms with Gasteiger partial charge < -0.3 is 4.74 Å². The molecule has 2 heterocycles. The van der Waals surface area contributed by atoms with Crippen LogP contribution in [-0.4, -0.2) is 44.0 Å². The summed E-state index contributed by atoms with van der Waals surface area (Å²) in [5.41, 5.74) is 1.29. The van der Waals surface area contributed by atoms with E-state index in [1.54, 1.807) is 13.0 Å². The Morgan fingerprint density at radius 3 is 2.86 bits per heavy atom. The van der Waals surface area contributed by atoms with E-state index >= 15 is 0 Å². The topological polar surface area (TPSA) is 123 Å². The van der Waals surface area contributed by atoms with Crippen LogP contribution >= 0.6 is 0 Å². The van der Waals surface area contributed by atoms with Crippen LogP contribution in [0.25, 0.3) is 5.65 Å². The number of H-pyrrole nitrogens is 1. The number of nitro benzene ring substituents is 1. The third kappa shape index (κ3) is 4.16. The van der Waals surface area contributed by atoms with Gasteiger partial charge in [-0.05, 0) is 26.5 Å². The summed E-state index contributed by atoms with van der Waals surface area (Å²) in [5, 5.41) is 13.7. The molecule has 152 valence electrons. The highest BCUT2D eigenvalue weighted by atomic mass is 16.6. The summed E-state index contributed by atoms with van der Waals surface area (Å²) in [5.74, 6) is -0.561. The van der Waals surface area contributed by atoms with Crippen LogP contribution in [0.1, 0.15) is 41.5 Å². The van der Waals surface area contributed by atoms with Gasteiger partial charge in [-0.2, -0.15) is 0 Å². The quantitative estimate of drug-likeness (QED) is 0.367. The molecule has 1 aromatic carbocycles.